The highest BCUT2D eigenvalue weighted by atomic mass is 35.5. The van der Waals surface area contributed by atoms with Crippen LogP contribution in [0.25, 0.3) is 0 Å². The maximum absolute atomic E-state index is 12.8. The molecule has 0 saturated heterocycles. The normalized spacial score (nSPS) is 10.6. The molecule has 4 N–H and O–H groups in total. The largest absolute Gasteiger partial charge is 0.396 e. The Labute approximate surface area is 186 Å². The number of nitrogens with two attached hydrogens (primary N) is 1. The van der Waals surface area contributed by atoms with Crippen molar-refractivity contribution in [3.8, 4) is 12.1 Å². The number of nitrogen functional groups attached to an aromatic ring is 1. The first-order valence-corrected chi connectivity index (χ1v) is 9.87. The highest BCUT2D eigenvalue weighted by molar-refractivity contribution is 7.19. The lowest BCUT2D eigenvalue weighted by atomic mass is 10.1. The number of amides is 1. The number of ketones is 1. The number of thiophene rings is 1. The van der Waals surface area contributed by atoms with Crippen LogP contribution in [0.2, 0.25) is 5.02 Å². The zero-order valence-corrected chi connectivity index (χ0v) is 17.3. The molecule has 0 fully saturated rings. The monoisotopic (exact) mass is 448 g/mol. The molecule has 0 unspecified atom stereocenters. The van der Waals surface area contributed by atoms with Gasteiger partial charge >= 0.3 is 0 Å². The van der Waals surface area contributed by atoms with Crippen molar-refractivity contribution >= 4 is 56.7 Å². The molecule has 3 rings (SSSR count). The fourth-order valence-electron chi connectivity index (χ4n) is 2.47. The lowest BCUT2D eigenvalue weighted by molar-refractivity contribution is -0.110. The van der Waals surface area contributed by atoms with Gasteiger partial charge in [-0.1, -0.05) is 29.8 Å². The van der Waals surface area contributed by atoms with Crippen molar-refractivity contribution in [1.82, 2.24) is 0 Å². The van der Waals surface area contributed by atoms with Gasteiger partial charge < -0.3 is 11.1 Å². The molecule has 1 heterocycles. The summed E-state index contributed by atoms with van der Waals surface area (Å²) in [5.41, 5.74) is 8.91. The molecule has 10 heteroatoms. The molecule has 8 nitrogen and oxygen atoms in total. The number of rotatable bonds is 6. The van der Waals surface area contributed by atoms with Gasteiger partial charge in [-0.15, -0.1) is 11.3 Å². The van der Waals surface area contributed by atoms with Crippen molar-refractivity contribution < 1.29 is 9.59 Å². The summed E-state index contributed by atoms with van der Waals surface area (Å²) in [5.74, 6) is -1.27. The van der Waals surface area contributed by atoms with Crippen molar-refractivity contribution in [3.63, 3.8) is 0 Å². The summed E-state index contributed by atoms with van der Waals surface area (Å²) in [7, 11) is 0. The van der Waals surface area contributed by atoms with Gasteiger partial charge in [0.25, 0.3) is 5.91 Å². The Hall–Kier alpha value is -4.18. The van der Waals surface area contributed by atoms with E-state index in [-0.39, 0.29) is 21.1 Å². The number of carbonyl (C=O) groups excluding carboxylic acids is 2. The van der Waals surface area contributed by atoms with E-state index in [1.54, 1.807) is 48.5 Å². The van der Waals surface area contributed by atoms with Gasteiger partial charge in [-0.05, 0) is 36.4 Å². The van der Waals surface area contributed by atoms with Gasteiger partial charge in [-0.3, -0.25) is 15.0 Å². The summed E-state index contributed by atoms with van der Waals surface area (Å²) >= 11 is 6.69. The van der Waals surface area contributed by atoms with Gasteiger partial charge in [-0.2, -0.15) is 15.6 Å². The maximum Gasteiger partial charge on any atom is 0.287 e. The van der Waals surface area contributed by atoms with Crippen molar-refractivity contribution in [3.05, 3.63) is 75.6 Å². The summed E-state index contributed by atoms with van der Waals surface area (Å²) in [6, 6.07) is 18.5. The number of nitrogens with zero attached hydrogens (tertiary/aromatic N) is 3. The molecule has 0 saturated carbocycles. The van der Waals surface area contributed by atoms with Crippen LogP contribution < -0.4 is 16.5 Å². The quantitative estimate of drug-likeness (QED) is 0.295. The van der Waals surface area contributed by atoms with Crippen LogP contribution in [0.15, 0.2) is 59.7 Å². The minimum atomic E-state index is -0.853. The number of hydrogen-bond donors (Lipinski definition) is 3. The van der Waals surface area contributed by atoms with Crippen LogP contribution in [0.1, 0.15) is 20.8 Å². The third-order valence-corrected chi connectivity index (χ3v) is 5.36. The molecule has 2 aromatic carbocycles. The fourth-order valence-corrected chi connectivity index (χ4v) is 3.62. The van der Waals surface area contributed by atoms with Gasteiger partial charge in [0, 0.05) is 10.6 Å². The molecule has 1 aromatic heterocycles. The molecule has 0 aliphatic heterocycles. The van der Waals surface area contributed by atoms with E-state index in [4.69, 9.17) is 17.3 Å². The van der Waals surface area contributed by atoms with E-state index in [1.165, 1.54) is 12.1 Å². The Morgan fingerprint density at radius 1 is 1.06 bits per heavy atom. The molecule has 152 valence electrons. The molecular weight excluding hydrogens is 436 g/mol. The molecule has 0 spiro atoms. The van der Waals surface area contributed by atoms with Crippen molar-refractivity contribution in [1.29, 1.82) is 10.5 Å². The number of hydrogen-bond acceptors (Lipinski definition) is 8. The molecule has 0 aliphatic carbocycles. The molecule has 31 heavy (non-hydrogen) atoms. The summed E-state index contributed by atoms with van der Waals surface area (Å²) in [4.78, 5) is 25.3. The number of halogens is 1. The van der Waals surface area contributed by atoms with E-state index in [1.807, 2.05) is 6.07 Å². The summed E-state index contributed by atoms with van der Waals surface area (Å²) in [5, 5.41) is 25.5. The Bertz CT molecular complexity index is 1250. The van der Waals surface area contributed by atoms with Crippen LogP contribution >= 0.6 is 22.9 Å². The number of nitrogens with one attached hydrogen (secondary N) is 2. The first-order valence-electron chi connectivity index (χ1n) is 8.67. The number of hydrazone groups is 1. The van der Waals surface area contributed by atoms with Crippen LogP contribution in [-0.2, 0) is 4.79 Å². The average Bonchev–Trinajstić information content (AvgIpc) is 3.09. The predicted octanol–water partition coefficient (Wildman–Crippen LogP) is 4.02. The molecule has 3 aromatic rings. The van der Waals surface area contributed by atoms with E-state index >= 15 is 0 Å². The Kier molecular flexibility index (Phi) is 6.63. The van der Waals surface area contributed by atoms with Gasteiger partial charge in [0.05, 0.1) is 11.4 Å². The van der Waals surface area contributed by atoms with Crippen molar-refractivity contribution in [2.45, 2.75) is 0 Å². The maximum atomic E-state index is 12.8. The SMILES string of the molecule is N#CC(=NNc1ccccc1)C(=O)Nc1sc(C(=O)c2ccc(Cl)cc2)c(N)c1C#N. The second kappa shape index (κ2) is 9.55. The summed E-state index contributed by atoms with van der Waals surface area (Å²) in [6.07, 6.45) is 0. The minimum Gasteiger partial charge on any atom is -0.396 e. The van der Waals surface area contributed by atoms with Crippen LogP contribution in [0.3, 0.4) is 0 Å². The molecule has 1 amide bonds. The van der Waals surface area contributed by atoms with Gasteiger partial charge in [0.1, 0.15) is 27.6 Å². The number of benzene rings is 2. The van der Waals surface area contributed by atoms with E-state index in [0.717, 1.165) is 11.3 Å². The first kappa shape index (κ1) is 21.5. The van der Waals surface area contributed by atoms with E-state index < -0.39 is 17.4 Å². The minimum absolute atomic E-state index is 0.0463. The van der Waals surface area contributed by atoms with Gasteiger partial charge in [0.2, 0.25) is 11.5 Å². The zero-order valence-electron chi connectivity index (χ0n) is 15.7. The molecule has 0 bridgehead atoms. The van der Waals surface area contributed by atoms with Gasteiger partial charge in [0.15, 0.2) is 0 Å². The van der Waals surface area contributed by atoms with E-state index in [0.29, 0.717) is 16.3 Å². The Balaban J connectivity index is 1.85. The summed E-state index contributed by atoms with van der Waals surface area (Å²) < 4.78 is 0. The van der Waals surface area contributed by atoms with Crippen LogP contribution in [-0.4, -0.2) is 17.4 Å². The number of nitriles is 2. The average molecular weight is 449 g/mol. The molecule has 0 radical (unpaired) electrons. The smallest absolute Gasteiger partial charge is 0.287 e. The predicted molar refractivity (Wildman–Crippen MR) is 120 cm³/mol. The topological polar surface area (TPSA) is 144 Å². The lowest BCUT2D eigenvalue weighted by Crippen LogP contribution is -2.22. The van der Waals surface area contributed by atoms with Crippen molar-refractivity contribution in [2.75, 3.05) is 16.5 Å². The molecule has 0 atom stereocenters. The Morgan fingerprint density at radius 3 is 2.35 bits per heavy atom. The second-order valence-electron chi connectivity index (χ2n) is 6.00. The highest BCUT2D eigenvalue weighted by Crippen LogP contribution is 2.36. The third-order valence-electron chi connectivity index (χ3n) is 3.99. The number of carbonyl (C=O) groups is 2. The number of para-hydroxylation sites is 1. The van der Waals surface area contributed by atoms with Crippen LogP contribution in [0, 0.1) is 22.7 Å². The fraction of sp³-hybridized carbons (Fsp3) is 0. The second-order valence-corrected chi connectivity index (χ2v) is 7.46. The van der Waals surface area contributed by atoms with Gasteiger partial charge in [-0.25, -0.2) is 0 Å². The lowest BCUT2D eigenvalue weighted by Gasteiger charge is -2.03. The standard InChI is InChI=1S/C21H13ClN6O2S/c22-13-8-6-12(7-9-13)18(29)19-17(25)15(10-23)21(31-19)26-20(30)16(11-24)28-27-14-4-2-1-3-5-14/h1-9,27H,25H2,(H,26,30). The van der Waals surface area contributed by atoms with E-state index in [2.05, 4.69) is 15.8 Å². The van der Waals surface area contributed by atoms with E-state index in [9.17, 15) is 20.1 Å². The third kappa shape index (κ3) is 4.87. The molecule has 0 aliphatic rings. The van der Waals surface area contributed by atoms with Crippen LogP contribution in [0.5, 0.6) is 0 Å². The zero-order chi connectivity index (χ0) is 22.4. The highest BCUT2D eigenvalue weighted by Gasteiger charge is 2.24. The first-order chi connectivity index (χ1) is 14.9. The number of anilines is 3. The van der Waals surface area contributed by atoms with Crippen molar-refractivity contribution in [2.24, 2.45) is 5.10 Å². The van der Waals surface area contributed by atoms with Crippen LogP contribution in [0.4, 0.5) is 16.4 Å². The molecular formula is C21H13ClN6O2S. The Morgan fingerprint density at radius 2 is 1.74 bits per heavy atom. The summed E-state index contributed by atoms with van der Waals surface area (Å²) in [6.45, 7) is 0.